The van der Waals surface area contributed by atoms with Gasteiger partial charge < -0.3 is 10.4 Å². The Morgan fingerprint density at radius 1 is 1.28 bits per heavy atom. The molecule has 3 aromatic rings. The number of aromatic hydroxyl groups is 1. The zero-order chi connectivity index (χ0) is 17.8. The van der Waals surface area contributed by atoms with Crippen molar-refractivity contribution in [3.63, 3.8) is 0 Å². The highest BCUT2D eigenvalue weighted by atomic mass is 35.5. The van der Waals surface area contributed by atoms with Crippen LogP contribution in [0.4, 0.5) is 10.1 Å². The van der Waals surface area contributed by atoms with E-state index in [9.17, 15) is 14.3 Å². The first-order chi connectivity index (χ1) is 12.0. The Kier molecular flexibility index (Phi) is 5.15. The maximum Gasteiger partial charge on any atom is 0.234 e. The molecule has 0 saturated heterocycles. The number of phenols is 1. The van der Waals surface area contributed by atoms with Gasteiger partial charge in [0.05, 0.1) is 16.5 Å². The van der Waals surface area contributed by atoms with E-state index in [1.165, 1.54) is 35.0 Å². The second-order valence-electron chi connectivity index (χ2n) is 4.86. The van der Waals surface area contributed by atoms with Crippen molar-refractivity contribution in [3.8, 4) is 11.4 Å². The molecule has 1 amide bonds. The Morgan fingerprint density at radius 2 is 2.04 bits per heavy atom. The van der Waals surface area contributed by atoms with Crippen molar-refractivity contribution < 1.29 is 14.3 Å². The van der Waals surface area contributed by atoms with Gasteiger partial charge in [-0.15, -0.1) is 5.10 Å². The molecule has 2 aromatic carbocycles. The fourth-order valence-electron chi connectivity index (χ4n) is 1.93. The summed E-state index contributed by atoms with van der Waals surface area (Å²) in [6, 6.07) is 10.3. The highest BCUT2D eigenvalue weighted by Crippen LogP contribution is 2.22. The van der Waals surface area contributed by atoms with Gasteiger partial charge >= 0.3 is 0 Å². The lowest BCUT2D eigenvalue weighted by Crippen LogP contribution is -2.14. The van der Waals surface area contributed by atoms with Crippen LogP contribution in [0.5, 0.6) is 5.75 Å². The van der Waals surface area contributed by atoms with E-state index in [4.69, 9.17) is 11.6 Å². The molecule has 25 heavy (non-hydrogen) atoms. The summed E-state index contributed by atoms with van der Waals surface area (Å²) in [6.45, 7) is 0. The maximum absolute atomic E-state index is 13.1. The number of amides is 1. The lowest BCUT2D eigenvalue weighted by atomic mass is 10.3. The number of thioether (sulfide) groups is 1. The lowest BCUT2D eigenvalue weighted by Gasteiger charge is -2.06. The number of carbonyl (C=O) groups is 1. The van der Waals surface area contributed by atoms with Crippen LogP contribution in [-0.2, 0) is 4.79 Å². The number of carbonyl (C=O) groups excluding carboxylic acids is 1. The van der Waals surface area contributed by atoms with E-state index < -0.39 is 5.82 Å². The number of hydrogen-bond acceptors (Lipinski definition) is 6. The van der Waals surface area contributed by atoms with Gasteiger partial charge in [0.1, 0.15) is 11.6 Å². The standard InChI is InChI=1S/C15H11ClFN5O2S/c16-12-7-9(1-6-13(12)17)18-14(24)8-25-15-19-20-21-22(15)10-2-4-11(23)5-3-10/h1-7,23H,8H2,(H,18,24). The van der Waals surface area contributed by atoms with E-state index in [1.807, 2.05) is 0 Å². The predicted octanol–water partition coefficient (Wildman–Crippen LogP) is 2.89. The van der Waals surface area contributed by atoms with Crippen LogP contribution in [0.25, 0.3) is 5.69 Å². The molecule has 1 heterocycles. The van der Waals surface area contributed by atoms with Gasteiger partial charge in [0.2, 0.25) is 11.1 Å². The van der Waals surface area contributed by atoms with Crippen molar-refractivity contribution in [2.24, 2.45) is 0 Å². The van der Waals surface area contributed by atoms with Gasteiger partial charge in [0.25, 0.3) is 0 Å². The van der Waals surface area contributed by atoms with Crippen LogP contribution >= 0.6 is 23.4 Å². The van der Waals surface area contributed by atoms with Crippen molar-refractivity contribution in [3.05, 3.63) is 53.3 Å². The summed E-state index contributed by atoms with van der Waals surface area (Å²) in [7, 11) is 0. The van der Waals surface area contributed by atoms with Crippen molar-refractivity contribution in [2.75, 3.05) is 11.1 Å². The number of hydrogen-bond donors (Lipinski definition) is 2. The summed E-state index contributed by atoms with van der Waals surface area (Å²) in [5.74, 6) is -0.689. The Morgan fingerprint density at radius 3 is 2.76 bits per heavy atom. The van der Waals surface area contributed by atoms with Crippen molar-refractivity contribution in [1.82, 2.24) is 20.2 Å². The van der Waals surface area contributed by atoms with Crippen molar-refractivity contribution in [1.29, 1.82) is 0 Å². The number of halogens is 2. The molecule has 0 spiro atoms. The molecule has 0 radical (unpaired) electrons. The fourth-order valence-corrected chi connectivity index (χ4v) is 2.80. The zero-order valence-corrected chi connectivity index (χ0v) is 14.1. The van der Waals surface area contributed by atoms with E-state index in [0.717, 1.165) is 11.8 Å². The minimum absolute atomic E-state index is 0.0491. The second-order valence-corrected chi connectivity index (χ2v) is 6.21. The van der Waals surface area contributed by atoms with Gasteiger partial charge in [-0.3, -0.25) is 4.79 Å². The van der Waals surface area contributed by atoms with E-state index >= 15 is 0 Å². The number of aromatic nitrogens is 4. The van der Waals surface area contributed by atoms with Crippen LogP contribution in [0.2, 0.25) is 5.02 Å². The zero-order valence-electron chi connectivity index (χ0n) is 12.6. The van der Waals surface area contributed by atoms with Crippen LogP contribution in [0, 0.1) is 5.82 Å². The normalized spacial score (nSPS) is 10.6. The Balaban J connectivity index is 1.64. The molecular weight excluding hydrogens is 369 g/mol. The van der Waals surface area contributed by atoms with Crippen LogP contribution in [0.1, 0.15) is 0 Å². The van der Waals surface area contributed by atoms with Crippen LogP contribution in [0.3, 0.4) is 0 Å². The molecule has 0 unspecified atom stereocenters. The molecule has 3 rings (SSSR count). The molecule has 0 aliphatic carbocycles. The number of nitrogens with one attached hydrogen (secondary N) is 1. The van der Waals surface area contributed by atoms with Gasteiger partial charge in [-0.05, 0) is 52.9 Å². The highest BCUT2D eigenvalue weighted by Gasteiger charge is 2.12. The van der Waals surface area contributed by atoms with Gasteiger partial charge in [-0.25, -0.2) is 4.39 Å². The summed E-state index contributed by atoms with van der Waals surface area (Å²) in [4.78, 5) is 12.0. The maximum atomic E-state index is 13.1. The van der Waals surface area contributed by atoms with Crippen LogP contribution in [0.15, 0.2) is 47.6 Å². The first kappa shape index (κ1) is 17.2. The molecule has 0 aliphatic heterocycles. The topological polar surface area (TPSA) is 92.9 Å². The summed E-state index contributed by atoms with van der Waals surface area (Å²) in [6.07, 6.45) is 0. The second kappa shape index (κ2) is 7.49. The summed E-state index contributed by atoms with van der Waals surface area (Å²) in [5, 5.41) is 23.6. The molecular formula is C15H11ClFN5O2S. The third-order valence-electron chi connectivity index (χ3n) is 3.07. The minimum Gasteiger partial charge on any atom is -0.508 e. The SMILES string of the molecule is O=C(CSc1nnnn1-c1ccc(O)cc1)Nc1ccc(F)c(Cl)c1. The fraction of sp³-hybridized carbons (Fsp3) is 0.0667. The van der Waals surface area contributed by atoms with Crippen LogP contribution in [-0.4, -0.2) is 37.0 Å². The number of rotatable bonds is 5. The molecule has 0 bridgehead atoms. The van der Waals surface area contributed by atoms with Crippen LogP contribution < -0.4 is 5.32 Å². The molecule has 0 aliphatic rings. The molecule has 0 atom stereocenters. The summed E-state index contributed by atoms with van der Waals surface area (Å²) in [5.41, 5.74) is 1.05. The quantitative estimate of drug-likeness (QED) is 0.662. The van der Waals surface area contributed by atoms with E-state index in [-0.39, 0.29) is 22.4 Å². The van der Waals surface area contributed by atoms with Gasteiger partial charge in [0, 0.05) is 5.69 Å². The average Bonchev–Trinajstić information content (AvgIpc) is 3.06. The molecule has 128 valence electrons. The van der Waals surface area contributed by atoms with Gasteiger partial charge in [-0.2, -0.15) is 4.68 Å². The minimum atomic E-state index is -0.554. The third-order valence-corrected chi connectivity index (χ3v) is 4.28. The smallest absolute Gasteiger partial charge is 0.234 e. The first-order valence-corrected chi connectivity index (χ1v) is 8.35. The van der Waals surface area contributed by atoms with E-state index in [0.29, 0.717) is 16.5 Å². The predicted molar refractivity (Wildman–Crippen MR) is 91.6 cm³/mol. The van der Waals surface area contributed by atoms with E-state index in [1.54, 1.807) is 12.1 Å². The molecule has 10 heteroatoms. The molecule has 0 fully saturated rings. The number of benzene rings is 2. The largest absolute Gasteiger partial charge is 0.508 e. The summed E-state index contributed by atoms with van der Waals surface area (Å²) < 4.78 is 14.6. The molecule has 1 aromatic heterocycles. The first-order valence-electron chi connectivity index (χ1n) is 6.98. The van der Waals surface area contributed by atoms with Gasteiger partial charge in [-0.1, -0.05) is 23.4 Å². The summed E-state index contributed by atoms with van der Waals surface area (Å²) >= 11 is 6.81. The number of tetrazole rings is 1. The molecule has 0 saturated carbocycles. The number of nitrogens with zero attached hydrogens (tertiary/aromatic N) is 4. The molecule has 7 nitrogen and oxygen atoms in total. The lowest BCUT2D eigenvalue weighted by molar-refractivity contribution is -0.113. The van der Waals surface area contributed by atoms with E-state index in [2.05, 4.69) is 20.8 Å². The Hall–Kier alpha value is -2.65. The third kappa shape index (κ3) is 4.25. The van der Waals surface area contributed by atoms with Crippen molar-refractivity contribution >= 4 is 35.0 Å². The number of phenolic OH excluding ortho intramolecular Hbond substituents is 1. The highest BCUT2D eigenvalue weighted by molar-refractivity contribution is 7.99. The molecule has 2 N–H and O–H groups in total. The van der Waals surface area contributed by atoms with Gasteiger partial charge in [0.15, 0.2) is 0 Å². The van der Waals surface area contributed by atoms with Crippen molar-refractivity contribution in [2.45, 2.75) is 5.16 Å². The monoisotopic (exact) mass is 379 g/mol. The average molecular weight is 380 g/mol. The Labute approximate surface area is 150 Å². The number of anilines is 1. The Bertz CT molecular complexity index is 903.